The van der Waals surface area contributed by atoms with Gasteiger partial charge in [-0.1, -0.05) is 29.8 Å². The van der Waals surface area contributed by atoms with Crippen molar-refractivity contribution in [1.29, 1.82) is 0 Å². The fourth-order valence-electron chi connectivity index (χ4n) is 1.94. The predicted molar refractivity (Wildman–Crippen MR) is 87.2 cm³/mol. The Balaban J connectivity index is 1.91. The number of para-hydroxylation sites is 1. The largest absolute Gasteiger partial charge is 0.493 e. The number of hydrogen-bond donors (Lipinski definition) is 1. The molecular weight excluding hydrogens is 286 g/mol. The van der Waals surface area contributed by atoms with E-state index >= 15 is 0 Å². The summed E-state index contributed by atoms with van der Waals surface area (Å²) >= 11 is 5.88. The molecule has 0 unspecified atom stereocenters. The van der Waals surface area contributed by atoms with Crippen molar-refractivity contribution in [3.05, 3.63) is 59.1 Å². The summed E-state index contributed by atoms with van der Waals surface area (Å²) in [6, 6.07) is 15.7. The first-order valence-corrected chi connectivity index (χ1v) is 7.36. The van der Waals surface area contributed by atoms with Crippen molar-refractivity contribution in [2.75, 3.05) is 25.6 Å². The average molecular weight is 306 g/mol. The third kappa shape index (κ3) is 5.29. The van der Waals surface area contributed by atoms with Gasteiger partial charge in [0.25, 0.3) is 0 Å². The zero-order valence-corrected chi connectivity index (χ0v) is 12.9. The summed E-state index contributed by atoms with van der Waals surface area (Å²) in [6.45, 7) is 2.08. The second kappa shape index (κ2) is 8.55. The number of rotatable bonds is 8. The first-order valence-electron chi connectivity index (χ1n) is 6.98. The molecule has 0 amide bonds. The minimum Gasteiger partial charge on any atom is -0.493 e. The number of halogens is 1. The van der Waals surface area contributed by atoms with Gasteiger partial charge in [0.2, 0.25) is 0 Å². The van der Waals surface area contributed by atoms with Crippen molar-refractivity contribution in [1.82, 2.24) is 0 Å². The van der Waals surface area contributed by atoms with Gasteiger partial charge in [-0.2, -0.15) is 0 Å². The Labute approximate surface area is 130 Å². The van der Waals surface area contributed by atoms with Crippen LogP contribution in [0.3, 0.4) is 0 Å². The lowest BCUT2D eigenvalue weighted by Gasteiger charge is -2.12. The Morgan fingerprint density at radius 3 is 2.52 bits per heavy atom. The molecule has 0 aliphatic rings. The molecule has 0 aliphatic heterocycles. The fourth-order valence-corrected chi connectivity index (χ4v) is 2.07. The second-order valence-electron chi connectivity index (χ2n) is 4.66. The zero-order chi connectivity index (χ0) is 14.9. The lowest BCUT2D eigenvalue weighted by Crippen LogP contribution is -2.06. The van der Waals surface area contributed by atoms with Crippen LogP contribution in [0, 0.1) is 0 Å². The average Bonchev–Trinajstić information content (AvgIpc) is 2.52. The highest BCUT2D eigenvalue weighted by molar-refractivity contribution is 6.30. The topological polar surface area (TPSA) is 30.5 Å². The van der Waals surface area contributed by atoms with Crippen LogP contribution in [0.5, 0.6) is 5.75 Å². The maximum Gasteiger partial charge on any atom is 0.124 e. The van der Waals surface area contributed by atoms with Crippen LogP contribution in [-0.4, -0.2) is 20.3 Å². The van der Waals surface area contributed by atoms with Gasteiger partial charge in [-0.3, -0.25) is 0 Å². The van der Waals surface area contributed by atoms with Crippen molar-refractivity contribution in [2.24, 2.45) is 0 Å². The number of methoxy groups -OCH3 is 1. The summed E-state index contributed by atoms with van der Waals surface area (Å²) in [5.41, 5.74) is 2.17. The molecule has 4 heteroatoms. The standard InChI is InChI=1S/C17H20ClNO2/c1-20-11-4-12-21-17-6-3-2-5-14(17)13-19-16-9-7-15(18)8-10-16/h2-3,5-10,19H,4,11-13H2,1H3. The van der Waals surface area contributed by atoms with Gasteiger partial charge < -0.3 is 14.8 Å². The first kappa shape index (κ1) is 15.7. The highest BCUT2D eigenvalue weighted by atomic mass is 35.5. The van der Waals surface area contributed by atoms with E-state index in [1.165, 1.54) is 0 Å². The maximum atomic E-state index is 5.88. The smallest absolute Gasteiger partial charge is 0.124 e. The van der Waals surface area contributed by atoms with Crippen molar-refractivity contribution < 1.29 is 9.47 Å². The number of ether oxygens (including phenoxy) is 2. The molecule has 1 N–H and O–H groups in total. The molecular formula is C17H20ClNO2. The van der Waals surface area contributed by atoms with Gasteiger partial charge in [0, 0.05) is 43.0 Å². The van der Waals surface area contributed by atoms with E-state index in [9.17, 15) is 0 Å². The predicted octanol–water partition coefficient (Wildman–Crippen LogP) is 4.37. The Kier molecular flexibility index (Phi) is 6.38. The minimum atomic E-state index is 0.659. The van der Waals surface area contributed by atoms with Gasteiger partial charge >= 0.3 is 0 Å². The molecule has 3 nitrogen and oxygen atoms in total. The molecule has 0 spiro atoms. The molecule has 2 aromatic carbocycles. The second-order valence-corrected chi connectivity index (χ2v) is 5.10. The van der Waals surface area contributed by atoms with Crippen molar-refractivity contribution in [2.45, 2.75) is 13.0 Å². The van der Waals surface area contributed by atoms with E-state index in [4.69, 9.17) is 21.1 Å². The van der Waals surface area contributed by atoms with Crippen molar-refractivity contribution in [3.8, 4) is 5.75 Å². The number of benzene rings is 2. The van der Waals surface area contributed by atoms with Gasteiger partial charge in [0.1, 0.15) is 5.75 Å². The van der Waals surface area contributed by atoms with E-state index in [0.29, 0.717) is 19.8 Å². The van der Waals surface area contributed by atoms with Gasteiger partial charge in [-0.25, -0.2) is 0 Å². The highest BCUT2D eigenvalue weighted by Crippen LogP contribution is 2.20. The summed E-state index contributed by atoms with van der Waals surface area (Å²) < 4.78 is 10.8. The summed E-state index contributed by atoms with van der Waals surface area (Å²) in [7, 11) is 1.70. The molecule has 112 valence electrons. The lowest BCUT2D eigenvalue weighted by atomic mass is 10.2. The molecule has 0 radical (unpaired) electrons. The quantitative estimate of drug-likeness (QED) is 0.735. The Morgan fingerprint density at radius 1 is 1.00 bits per heavy atom. The molecule has 2 aromatic rings. The van der Waals surface area contributed by atoms with E-state index in [0.717, 1.165) is 28.4 Å². The van der Waals surface area contributed by atoms with Crippen molar-refractivity contribution in [3.63, 3.8) is 0 Å². The Hall–Kier alpha value is -1.71. The summed E-state index contributed by atoms with van der Waals surface area (Å²) in [4.78, 5) is 0. The number of hydrogen-bond acceptors (Lipinski definition) is 3. The van der Waals surface area contributed by atoms with E-state index in [1.54, 1.807) is 7.11 Å². The Morgan fingerprint density at radius 2 is 1.76 bits per heavy atom. The Bertz CT molecular complexity index is 543. The van der Waals surface area contributed by atoms with Crippen LogP contribution >= 0.6 is 11.6 Å². The van der Waals surface area contributed by atoms with Gasteiger partial charge in [-0.05, 0) is 30.3 Å². The van der Waals surface area contributed by atoms with Crippen LogP contribution in [0.4, 0.5) is 5.69 Å². The van der Waals surface area contributed by atoms with Crippen LogP contribution in [0.15, 0.2) is 48.5 Å². The molecule has 0 aliphatic carbocycles. The zero-order valence-electron chi connectivity index (χ0n) is 12.1. The number of anilines is 1. The van der Waals surface area contributed by atoms with Gasteiger partial charge in [0.05, 0.1) is 6.61 Å². The monoisotopic (exact) mass is 305 g/mol. The summed E-state index contributed by atoms with van der Waals surface area (Å²) in [5, 5.41) is 4.11. The number of nitrogens with one attached hydrogen (secondary N) is 1. The molecule has 0 saturated heterocycles. The van der Waals surface area contributed by atoms with Crippen LogP contribution in [-0.2, 0) is 11.3 Å². The first-order chi connectivity index (χ1) is 10.3. The van der Waals surface area contributed by atoms with Crippen LogP contribution in [0.1, 0.15) is 12.0 Å². The SMILES string of the molecule is COCCCOc1ccccc1CNc1ccc(Cl)cc1. The van der Waals surface area contributed by atoms with Gasteiger partial charge in [0.15, 0.2) is 0 Å². The molecule has 21 heavy (non-hydrogen) atoms. The van der Waals surface area contributed by atoms with E-state index in [-0.39, 0.29) is 0 Å². The molecule has 0 heterocycles. The molecule has 0 aromatic heterocycles. The lowest BCUT2D eigenvalue weighted by molar-refractivity contribution is 0.172. The van der Waals surface area contributed by atoms with Crippen LogP contribution in [0.2, 0.25) is 5.02 Å². The molecule has 2 rings (SSSR count). The minimum absolute atomic E-state index is 0.659. The van der Waals surface area contributed by atoms with E-state index in [2.05, 4.69) is 11.4 Å². The molecule has 0 bridgehead atoms. The molecule has 0 atom stereocenters. The third-order valence-electron chi connectivity index (χ3n) is 3.05. The van der Waals surface area contributed by atoms with Gasteiger partial charge in [-0.15, -0.1) is 0 Å². The normalized spacial score (nSPS) is 10.4. The molecule has 0 saturated carbocycles. The van der Waals surface area contributed by atoms with E-state index in [1.807, 2.05) is 42.5 Å². The molecule has 0 fully saturated rings. The van der Waals surface area contributed by atoms with Crippen LogP contribution in [0.25, 0.3) is 0 Å². The third-order valence-corrected chi connectivity index (χ3v) is 3.30. The highest BCUT2D eigenvalue weighted by Gasteiger charge is 2.03. The maximum absolute atomic E-state index is 5.88. The van der Waals surface area contributed by atoms with E-state index < -0.39 is 0 Å². The van der Waals surface area contributed by atoms with Crippen LogP contribution < -0.4 is 10.1 Å². The fraction of sp³-hybridized carbons (Fsp3) is 0.294. The summed E-state index contributed by atoms with van der Waals surface area (Å²) in [6.07, 6.45) is 0.884. The summed E-state index contributed by atoms with van der Waals surface area (Å²) in [5.74, 6) is 0.912. The van der Waals surface area contributed by atoms with Crippen molar-refractivity contribution >= 4 is 17.3 Å².